The fourth-order valence-electron chi connectivity index (χ4n) is 5.14. The van der Waals surface area contributed by atoms with Crippen LogP contribution in [0.3, 0.4) is 0 Å². The van der Waals surface area contributed by atoms with Crippen molar-refractivity contribution in [3.05, 3.63) is 86.9 Å². The Bertz CT molecular complexity index is 1640. The van der Waals surface area contributed by atoms with Gasteiger partial charge in [-0.15, -0.1) is 5.10 Å². The van der Waals surface area contributed by atoms with Gasteiger partial charge in [-0.1, -0.05) is 17.3 Å². The molecule has 3 heterocycles. The van der Waals surface area contributed by atoms with Gasteiger partial charge in [-0.2, -0.15) is 0 Å². The summed E-state index contributed by atoms with van der Waals surface area (Å²) in [6.45, 7) is 1.78. The molecule has 1 saturated heterocycles. The van der Waals surface area contributed by atoms with E-state index in [0.717, 1.165) is 31.7 Å². The summed E-state index contributed by atoms with van der Waals surface area (Å²) in [5, 5.41) is 8.17. The van der Waals surface area contributed by atoms with Crippen LogP contribution >= 0.6 is 15.9 Å². The minimum absolute atomic E-state index is 0.123. The molecule has 0 aliphatic carbocycles. The number of halogens is 3. The SMILES string of the molecule is COc1ccccc1-n1cc(C(=O)N2CCCC(CCn3cc(-c4cc(F)c(Br)c(F)c4N)nn3)CC2)ccc1=O. The van der Waals surface area contributed by atoms with Crippen molar-refractivity contribution in [1.82, 2.24) is 24.5 Å². The van der Waals surface area contributed by atoms with Gasteiger partial charge in [0.1, 0.15) is 17.3 Å². The van der Waals surface area contributed by atoms with E-state index in [4.69, 9.17) is 10.5 Å². The van der Waals surface area contributed by atoms with Crippen LogP contribution in [-0.4, -0.2) is 50.6 Å². The van der Waals surface area contributed by atoms with Crippen molar-refractivity contribution in [2.75, 3.05) is 25.9 Å². The Morgan fingerprint density at radius 3 is 2.76 bits per heavy atom. The van der Waals surface area contributed by atoms with E-state index in [-0.39, 0.29) is 27.2 Å². The van der Waals surface area contributed by atoms with Crippen LogP contribution in [0.1, 0.15) is 36.0 Å². The van der Waals surface area contributed by atoms with Crippen molar-refractivity contribution < 1.29 is 18.3 Å². The number of nitrogen functional groups attached to an aromatic ring is 1. The van der Waals surface area contributed by atoms with E-state index >= 15 is 0 Å². The third-order valence-electron chi connectivity index (χ3n) is 7.42. The summed E-state index contributed by atoms with van der Waals surface area (Å²) in [5.74, 6) is -0.864. The Kier molecular flexibility index (Phi) is 8.48. The quantitative estimate of drug-likeness (QED) is 0.227. The van der Waals surface area contributed by atoms with Crippen LogP contribution in [0.5, 0.6) is 5.75 Å². The lowest BCUT2D eigenvalue weighted by Crippen LogP contribution is -2.33. The van der Waals surface area contributed by atoms with Gasteiger partial charge < -0.3 is 15.4 Å². The molecule has 1 aliphatic rings. The lowest BCUT2D eigenvalue weighted by atomic mass is 9.97. The van der Waals surface area contributed by atoms with E-state index in [0.29, 0.717) is 48.2 Å². The van der Waals surface area contributed by atoms with Crippen LogP contribution in [0.4, 0.5) is 14.5 Å². The summed E-state index contributed by atoms with van der Waals surface area (Å²) in [7, 11) is 1.54. The molecule has 12 heteroatoms. The zero-order chi connectivity index (χ0) is 29.1. The summed E-state index contributed by atoms with van der Waals surface area (Å²) >= 11 is 2.85. The Morgan fingerprint density at radius 1 is 1.15 bits per heavy atom. The van der Waals surface area contributed by atoms with Crippen molar-refractivity contribution in [1.29, 1.82) is 0 Å². The number of carbonyl (C=O) groups excluding carboxylic acids is 1. The third-order valence-corrected chi connectivity index (χ3v) is 8.15. The number of aromatic nitrogens is 4. The lowest BCUT2D eigenvalue weighted by Gasteiger charge is -2.21. The zero-order valence-electron chi connectivity index (χ0n) is 22.4. The lowest BCUT2D eigenvalue weighted by molar-refractivity contribution is 0.0759. The Morgan fingerprint density at radius 2 is 1.95 bits per heavy atom. The molecule has 4 aromatic rings. The maximum atomic E-state index is 14.2. The van der Waals surface area contributed by atoms with Gasteiger partial charge in [0.25, 0.3) is 11.5 Å². The second-order valence-electron chi connectivity index (χ2n) is 9.99. The molecule has 9 nitrogen and oxygen atoms in total. The first-order valence-electron chi connectivity index (χ1n) is 13.3. The molecule has 0 spiro atoms. The van der Waals surface area contributed by atoms with Crippen molar-refractivity contribution in [2.45, 2.75) is 32.2 Å². The molecule has 1 aliphatic heterocycles. The number of ether oxygens (including phenoxy) is 1. The van der Waals surface area contributed by atoms with Crippen LogP contribution in [0.25, 0.3) is 16.9 Å². The van der Waals surface area contributed by atoms with E-state index < -0.39 is 11.6 Å². The minimum atomic E-state index is -0.870. The standard InChI is InChI=1S/C29H29BrF2N6O3/c1-41-24-7-3-2-6-23(24)38-16-19(8-9-25(38)39)29(40)36-12-4-5-18(10-13-36)11-14-37-17-22(34-35-37)20-15-21(31)26(30)27(32)28(20)33/h2-3,6-9,15-18H,4-5,10-14,33H2,1H3. The number of likely N-dealkylation sites (tertiary alicyclic amines) is 1. The summed E-state index contributed by atoms with van der Waals surface area (Å²) < 4.78 is 36.4. The molecule has 214 valence electrons. The second kappa shape index (κ2) is 12.2. The number of nitrogens with zero attached hydrogens (tertiary/aromatic N) is 5. The van der Waals surface area contributed by atoms with Crippen LogP contribution in [0.15, 0.2) is 64.1 Å². The highest BCUT2D eigenvalue weighted by Gasteiger charge is 2.23. The van der Waals surface area contributed by atoms with Gasteiger partial charge >= 0.3 is 0 Å². The average molecular weight is 627 g/mol. The highest BCUT2D eigenvalue weighted by atomic mass is 79.9. The number of hydrogen-bond donors (Lipinski definition) is 1. The molecule has 1 atom stereocenters. The molecule has 0 bridgehead atoms. The number of rotatable bonds is 7. The molecule has 2 N–H and O–H groups in total. The Labute approximate surface area is 243 Å². The molecule has 0 saturated carbocycles. The van der Waals surface area contributed by atoms with E-state index in [9.17, 15) is 18.4 Å². The Hall–Kier alpha value is -4.06. The monoisotopic (exact) mass is 626 g/mol. The number of aryl methyl sites for hydroxylation is 1. The molecule has 1 amide bonds. The van der Waals surface area contributed by atoms with Crippen molar-refractivity contribution in [2.24, 2.45) is 5.92 Å². The van der Waals surface area contributed by atoms with E-state index in [2.05, 4.69) is 26.2 Å². The number of benzene rings is 2. The first-order chi connectivity index (χ1) is 19.8. The van der Waals surface area contributed by atoms with Gasteiger partial charge in [0, 0.05) is 37.5 Å². The summed E-state index contributed by atoms with van der Waals surface area (Å²) in [4.78, 5) is 27.8. The zero-order valence-corrected chi connectivity index (χ0v) is 24.0. The number of hydrogen-bond acceptors (Lipinski definition) is 6. The fraction of sp³-hybridized carbons (Fsp3) is 0.310. The second-order valence-corrected chi connectivity index (χ2v) is 10.8. The van der Waals surface area contributed by atoms with Gasteiger partial charge in [-0.05, 0) is 71.8 Å². The summed E-state index contributed by atoms with van der Waals surface area (Å²) in [5.41, 5.74) is 6.83. The minimum Gasteiger partial charge on any atom is -0.495 e. The normalized spacial score (nSPS) is 15.5. The predicted octanol–water partition coefficient (Wildman–Crippen LogP) is 5.06. The first kappa shape index (κ1) is 28.5. The highest BCUT2D eigenvalue weighted by molar-refractivity contribution is 9.10. The first-order valence-corrected chi connectivity index (χ1v) is 14.0. The molecule has 5 rings (SSSR count). The molecule has 1 fully saturated rings. The van der Waals surface area contributed by atoms with Gasteiger partial charge in [0.15, 0.2) is 5.82 Å². The largest absolute Gasteiger partial charge is 0.495 e. The smallest absolute Gasteiger partial charge is 0.255 e. The number of anilines is 1. The number of amides is 1. The highest BCUT2D eigenvalue weighted by Crippen LogP contribution is 2.33. The number of nitrogens with two attached hydrogens (primary N) is 1. The van der Waals surface area contributed by atoms with Crippen molar-refractivity contribution in [3.8, 4) is 22.7 Å². The molecular weight excluding hydrogens is 598 g/mol. The topological polar surface area (TPSA) is 108 Å². The molecular formula is C29H29BrF2N6O3. The molecule has 0 radical (unpaired) electrons. The predicted molar refractivity (Wildman–Crippen MR) is 154 cm³/mol. The van der Waals surface area contributed by atoms with Gasteiger partial charge in [0.2, 0.25) is 0 Å². The Balaban J connectivity index is 1.22. The van der Waals surface area contributed by atoms with Crippen LogP contribution in [-0.2, 0) is 6.54 Å². The van der Waals surface area contributed by atoms with Gasteiger partial charge in [-0.25, -0.2) is 8.78 Å². The van der Waals surface area contributed by atoms with E-state index in [1.165, 1.54) is 17.7 Å². The molecule has 1 unspecified atom stereocenters. The van der Waals surface area contributed by atoms with Crippen LogP contribution in [0.2, 0.25) is 0 Å². The number of carbonyl (C=O) groups is 1. The maximum Gasteiger partial charge on any atom is 0.255 e. The van der Waals surface area contributed by atoms with E-state index in [1.54, 1.807) is 35.3 Å². The summed E-state index contributed by atoms with van der Waals surface area (Å²) in [6, 6.07) is 11.3. The fourth-order valence-corrected chi connectivity index (χ4v) is 5.47. The molecule has 2 aromatic carbocycles. The molecule has 41 heavy (non-hydrogen) atoms. The van der Waals surface area contributed by atoms with Gasteiger partial charge in [-0.3, -0.25) is 18.8 Å². The van der Waals surface area contributed by atoms with Crippen molar-refractivity contribution >= 4 is 27.5 Å². The number of para-hydroxylation sites is 2. The van der Waals surface area contributed by atoms with E-state index in [1.807, 2.05) is 17.0 Å². The van der Waals surface area contributed by atoms with Crippen LogP contribution in [0, 0.1) is 17.6 Å². The maximum absolute atomic E-state index is 14.2. The third kappa shape index (κ3) is 6.02. The van der Waals surface area contributed by atoms with Gasteiger partial charge in [0.05, 0.1) is 34.7 Å². The van der Waals surface area contributed by atoms with Crippen LogP contribution < -0.4 is 16.0 Å². The molecule has 2 aromatic heterocycles. The van der Waals surface area contributed by atoms with Crippen molar-refractivity contribution in [3.63, 3.8) is 0 Å². The number of pyridine rings is 1. The average Bonchev–Trinajstić information content (AvgIpc) is 3.33. The summed E-state index contributed by atoms with van der Waals surface area (Å²) in [6.07, 6.45) is 6.61. The number of methoxy groups -OCH3 is 1.